The number of fused-ring (bicyclic) bond motifs is 1. The van der Waals surface area contributed by atoms with E-state index >= 15 is 0 Å². The molecule has 0 spiro atoms. The molecule has 1 aromatic carbocycles. The van der Waals surface area contributed by atoms with Crippen molar-refractivity contribution >= 4 is 6.08 Å². The normalized spacial score (nSPS) is 12.3. The summed E-state index contributed by atoms with van der Waals surface area (Å²) in [5.74, 6) is 0.833. The summed E-state index contributed by atoms with van der Waals surface area (Å²) in [5, 5.41) is 0. The van der Waals surface area contributed by atoms with Crippen molar-refractivity contribution in [1.82, 2.24) is 0 Å². The standard InChI is InChI=1S/C9H8.C4H10/c1-2-5-9-7-3-6-8(9)4-1;1-4(2)3/h1-6H,7H2;4H,1-3H3. The topological polar surface area (TPSA) is 0 Å². The monoisotopic (exact) mass is 174 g/mol. The van der Waals surface area contributed by atoms with Gasteiger partial charge in [-0.25, -0.2) is 0 Å². The van der Waals surface area contributed by atoms with Gasteiger partial charge in [0.25, 0.3) is 0 Å². The Kier molecular flexibility index (Phi) is 3.75. The second-order valence-corrected chi connectivity index (χ2v) is 4.04. The average molecular weight is 174 g/mol. The summed E-state index contributed by atoms with van der Waals surface area (Å²) >= 11 is 0. The van der Waals surface area contributed by atoms with E-state index in [4.69, 9.17) is 0 Å². The molecule has 0 amide bonds. The van der Waals surface area contributed by atoms with Crippen LogP contribution in [0.4, 0.5) is 0 Å². The first-order valence-corrected chi connectivity index (χ1v) is 4.94. The van der Waals surface area contributed by atoms with Gasteiger partial charge < -0.3 is 0 Å². The Hall–Kier alpha value is -1.04. The highest BCUT2D eigenvalue weighted by Crippen LogP contribution is 2.17. The van der Waals surface area contributed by atoms with Crippen LogP contribution in [0.1, 0.15) is 31.9 Å². The first kappa shape index (κ1) is 10.0. The second kappa shape index (κ2) is 4.86. The zero-order valence-corrected chi connectivity index (χ0v) is 8.75. The van der Waals surface area contributed by atoms with Crippen molar-refractivity contribution in [2.75, 3.05) is 0 Å². The van der Waals surface area contributed by atoms with E-state index in [1.54, 1.807) is 0 Å². The van der Waals surface area contributed by atoms with Gasteiger partial charge in [0, 0.05) is 0 Å². The maximum atomic E-state index is 2.20. The first-order chi connectivity index (χ1) is 6.20. The Morgan fingerprint density at radius 2 is 1.69 bits per heavy atom. The molecule has 0 N–H and O–H groups in total. The molecule has 13 heavy (non-hydrogen) atoms. The van der Waals surface area contributed by atoms with Gasteiger partial charge >= 0.3 is 0 Å². The molecular formula is C13H18. The van der Waals surface area contributed by atoms with Crippen LogP contribution in [0.25, 0.3) is 6.08 Å². The molecule has 0 saturated carbocycles. The molecule has 70 valence electrons. The fourth-order valence-corrected chi connectivity index (χ4v) is 1.20. The highest BCUT2D eigenvalue weighted by Gasteiger charge is 2.00. The molecule has 1 aromatic rings. The molecule has 0 bridgehead atoms. The summed E-state index contributed by atoms with van der Waals surface area (Å²) in [6, 6.07) is 8.49. The minimum atomic E-state index is 0.833. The minimum absolute atomic E-state index is 0.833. The van der Waals surface area contributed by atoms with Gasteiger partial charge in [-0.3, -0.25) is 0 Å². The number of benzene rings is 1. The maximum Gasteiger partial charge on any atom is -0.00882 e. The molecule has 0 radical (unpaired) electrons. The van der Waals surface area contributed by atoms with Crippen LogP contribution in [0, 0.1) is 5.92 Å². The fourth-order valence-electron chi connectivity index (χ4n) is 1.20. The van der Waals surface area contributed by atoms with Gasteiger partial charge in [0.2, 0.25) is 0 Å². The van der Waals surface area contributed by atoms with Crippen LogP contribution in [0.2, 0.25) is 0 Å². The largest absolute Gasteiger partial charge is 0.0795 e. The molecule has 0 unspecified atom stereocenters. The van der Waals surface area contributed by atoms with Crippen LogP contribution in [-0.2, 0) is 6.42 Å². The third-order valence-electron chi connectivity index (χ3n) is 1.69. The minimum Gasteiger partial charge on any atom is -0.0795 e. The van der Waals surface area contributed by atoms with E-state index < -0.39 is 0 Å². The molecule has 0 saturated heterocycles. The second-order valence-electron chi connectivity index (χ2n) is 4.04. The van der Waals surface area contributed by atoms with Crippen molar-refractivity contribution in [2.24, 2.45) is 5.92 Å². The molecule has 0 nitrogen and oxygen atoms in total. The predicted octanol–water partition coefficient (Wildman–Crippen LogP) is 3.92. The number of allylic oxidation sites excluding steroid dienone is 1. The average Bonchev–Trinajstić information content (AvgIpc) is 2.49. The Labute approximate surface area is 81.3 Å². The number of hydrogen-bond acceptors (Lipinski definition) is 0. The van der Waals surface area contributed by atoms with Gasteiger partial charge in [-0.1, -0.05) is 57.2 Å². The quantitative estimate of drug-likeness (QED) is 0.559. The van der Waals surface area contributed by atoms with Gasteiger partial charge in [0.1, 0.15) is 0 Å². The molecule has 2 rings (SSSR count). The Morgan fingerprint density at radius 3 is 2.31 bits per heavy atom. The SMILES string of the molecule is C1=Cc2ccccc2C1.CC(C)C. The predicted molar refractivity (Wildman–Crippen MR) is 59.7 cm³/mol. The first-order valence-electron chi connectivity index (χ1n) is 4.94. The van der Waals surface area contributed by atoms with E-state index in [0.29, 0.717) is 0 Å². The fraction of sp³-hybridized carbons (Fsp3) is 0.385. The van der Waals surface area contributed by atoms with E-state index in [-0.39, 0.29) is 0 Å². The third kappa shape index (κ3) is 3.45. The molecule has 0 heterocycles. The molecular weight excluding hydrogens is 156 g/mol. The Bertz CT molecular complexity index is 279. The van der Waals surface area contributed by atoms with Crippen LogP contribution in [-0.4, -0.2) is 0 Å². The summed E-state index contributed by atoms with van der Waals surface area (Å²) in [5.41, 5.74) is 2.84. The molecule has 1 aliphatic rings. The van der Waals surface area contributed by atoms with Crippen molar-refractivity contribution in [3.63, 3.8) is 0 Å². The molecule has 0 fully saturated rings. The summed E-state index contributed by atoms with van der Waals surface area (Å²) < 4.78 is 0. The van der Waals surface area contributed by atoms with Crippen LogP contribution in [0.15, 0.2) is 30.3 Å². The Balaban J connectivity index is 0.000000184. The summed E-state index contributed by atoms with van der Waals surface area (Å²) in [4.78, 5) is 0. The smallest absolute Gasteiger partial charge is 0.00882 e. The lowest BCUT2D eigenvalue weighted by atomic mass is 10.1. The molecule has 0 aromatic heterocycles. The van der Waals surface area contributed by atoms with Crippen LogP contribution in [0.3, 0.4) is 0 Å². The molecule has 0 atom stereocenters. The van der Waals surface area contributed by atoms with Crippen molar-refractivity contribution in [3.05, 3.63) is 41.5 Å². The van der Waals surface area contributed by atoms with Crippen molar-refractivity contribution in [2.45, 2.75) is 27.2 Å². The van der Waals surface area contributed by atoms with Crippen molar-refractivity contribution < 1.29 is 0 Å². The molecule has 1 aliphatic carbocycles. The van der Waals surface area contributed by atoms with E-state index in [0.717, 1.165) is 12.3 Å². The lowest BCUT2D eigenvalue weighted by Crippen LogP contribution is -1.76. The van der Waals surface area contributed by atoms with Gasteiger partial charge in [-0.2, -0.15) is 0 Å². The van der Waals surface area contributed by atoms with E-state index in [2.05, 4.69) is 57.2 Å². The summed E-state index contributed by atoms with van der Waals surface area (Å²) in [6.07, 6.45) is 5.50. The maximum absolute atomic E-state index is 2.20. The number of hydrogen-bond donors (Lipinski definition) is 0. The van der Waals surface area contributed by atoms with Gasteiger partial charge in [0.05, 0.1) is 0 Å². The summed E-state index contributed by atoms with van der Waals surface area (Å²) in [6.45, 7) is 6.50. The van der Waals surface area contributed by atoms with Crippen LogP contribution < -0.4 is 0 Å². The van der Waals surface area contributed by atoms with Gasteiger partial charge in [-0.15, -0.1) is 0 Å². The zero-order chi connectivity index (χ0) is 9.68. The Morgan fingerprint density at radius 1 is 1.08 bits per heavy atom. The van der Waals surface area contributed by atoms with E-state index in [9.17, 15) is 0 Å². The van der Waals surface area contributed by atoms with Crippen molar-refractivity contribution in [3.8, 4) is 0 Å². The molecule has 0 aliphatic heterocycles. The van der Waals surface area contributed by atoms with Gasteiger partial charge in [0.15, 0.2) is 0 Å². The van der Waals surface area contributed by atoms with Crippen molar-refractivity contribution in [1.29, 1.82) is 0 Å². The molecule has 0 heteroatoms. The lowest BCUT2D eigenvalue weighted by Gasteiger charge is -1.93. The number of rotatable bonds is 0. The third-order valence-corrected chi connectivity index (χ3v) is 1.69. The summed E-state index contributed by atoms with van der Waals surface area (Å²) in [7, 11) is 0. The van der Waals surface area contributed by atoms with Crippen LogP contribution in [0.5, 0.6) is 0 Å². The zero-order valence-electron chi connectivity index (χ0n) is 8.75. The van der Waals surface area contributed by atoms with Gasteiger partial charge in [-0.05, 0) is 23.5 Å². The highest BCUT2D eigenvalue weighted by molar-refractivity contribution is 5.59. The van der Waals surface area contributed by atoms with E-state index in [1.165, 1.54) is 11.1 Å². The lowest BCUT2D eigenvalue weighted by molar-refractivity contribution is 0.737. The van der Waals surface area contributed by atoms with Crippen LogP contribution >= 0.6 is 0 Å². The highest BCUT2D eigenvalue weighted by atomic mass is 14.0. The van der Waals surface area contributed by atoms with E-state index in [1.807, 2.05) is 0 Å².